The van der Waals surface area contributed by atoms with Crippen LogP contribution in [0.4, 0.5) is 11.6 Å². The molecule has 1 atom stereocenters. The van der Waals surface area contributed by atoms with Crippen molar-refractivity contribution >= 4 is 29.1 Å². The lowest BCUT2D eigenvalue weighted by molar-refractivity contribution is 0.102. The highest BCUT2D eigenvalue weighted by molar-refractivity contribution is 6.30. The normalized spacial score (nSPS) is 19.2. The van der Waals surface area contributed by atoms with Gasteiger partial charge in [0.2, 0.25) is 0 Å². The van der Waals surface area contributed by atoms with Crippen molar-refractivity contribution in [3.63, 3.8) is 0 Å². The van der Waals surface area contributed by atoms with E-state index in [0.717, 1.165) is 43.0 Å². The third kappa shape index (κ3) is 4.60. The van der Waals surface area contributed by atoms with Gasteiger partial charge in [0.05, 0.1) is 18.2 Å². The van der Waals surface area contributed by atoms with Crippen LogP contribution in [0.2, 0.25) is 5.02 Å². The lowest BCUT2D eigenvalue weighted by Crippen LogP contribution is -2.35. The second-order valence-electron chi connectivity index (χ2n) is 7.47. The first-order valence-corrected chi connectivity index (χ1v) is 10.4. The SMILES string of the molecule is C=C[C@@H]1CCCN(c2cc(C(=O)Nc3ccc(Cl)cn3)c3c(n2)CCOCC3)C1. The standard InChI is InChI=1S/C22H25ClN4O2/c1-2-15-4-3-9-27(14-15)21-12-18(17-7-10-29-11-8-19(17)25-21)22(28)26-20-6-5-16(23)13-24-20/h2,5-6,12-13,15H,1,3-4,7-11,14H2,(H,24,26,28)/t15-/m1/s1. The number of rotatable bonds is 4. The highest BCUT2D eigenvalue weighted by Crippen LogP contribution is 2.28. The number of pyridine rings is 2. The lowest BCUT2D eigenvalue weighted by atomic mass is 9.97. The van der Waals surface area contributed by atoms with Crippen LogP contribution >= 0.6 is 11.6 Å². The summed E-state index contributed by atoms with van der Waals surface area (Å²) in [6.07, 6.45) is 7.16. The van der Waals surface area contributed by atoms with Gasteiger partial charge in [-0.1, -0.05) is 17.7 Å². The summed E-state index contributed by atoms with van der Waals surface area (Å²) in [4.78, 5) is 24.5. The zero-order valence-electron chi connectivity index (χ0n) is 16.4. The van der Waals surface area contributed by atoms with Crippen LogP contribution in [0.1, 0.15) is 34.5 Å². The van der Waals surface area contributed by atoms with Crippen LogP contribution in [0.15, 0.2) is 37.1 Å². The summed E-state index contributed by atoms with van der Waals surface area (Å²) in [5.41, 5.74) is 2.57. The molecule has 0 spiro atoms. The predicted octanol–water partition coefficient (Wildman–Crippen LogP) is 3.90. The topological polar surface area (TPSA) is 67.4 Å². The average Bonchev–Trinajstić information content (AvgIpc) is 3.00. The number of carbonyl (C=O) groups is 1. The first kappa shape index (κ1) is 19.9. The predicted molar refractivity (Wildman–Crippen MR) is 115 cm³/mol. The molecule has 2 aliphatic heterocycles. The molecule has 152 valence electrons. The van der Waals surface area contributed by atoms with Crippen molar-refractivity contribution in [2.24, 2.45) is 5.92 Å². The molecular formula is C22H25ClN4O2. The maximum Gasteiger partial charge on any atom is 0.257 e. The molecule has 29 heavy (non-hydrogen) atoms. The van der Waals surface area contributed by atoms with Crippen molar-refractivity contribution in [1.82, 2.24) is 9.97 Å². The van der Waals surface area contributed by atoms with E-state index in [1.165, 1.54) is 6.20 Å². The van der Waals surface area contributed by atoms with E-state index in [1.54, 1.807) is 12.1 Å². The zero-order chi connectivity index (χ0) is 20.2. The van der Waals surface area contributed by atoms with E-state index in [1.807, 2.05) is 12.1 Å². The number of hydrogen-bond donors (Lipinski definition) is 1. The van der Waals surface area contributed by atoms with Gasteiger partial charge in [0.25, 0.3) is 5.91 Å². The van der Waals surface area contributed by atoms with Gasteiger partial charge in [-0.15, -0.1) is 6.58 Å². The monoisotopic (exact) mass is 412 g/mol. The lowest BCUT2D eigenvalue weighted by Gasteiger charge is -2.33. The molecule has 0 radical (unpaired) electrons. The third-order valence-electron chi connectivity index (χ3n) is 5.50. The Labute approximate surface area is 175 Å². The molecule has 1 amide bonds. The van der Waals surface area contributed by atoms with Crippen LogP contribution in [-0.2, 0) is 17.6 Å². The quantitative estimate of drug-likeness (QED) is 0.771. The van der Waals surface area contributed by atoms with Gasteiger partial charge in [-0.25, -0.2) is 9.97 Å². The number of amides is 1. The fourth-order valence-electron chi connectivity index (χ4n) is 3.95. The summed E-state index contributed by atoms with van der Waals surface area (Å²) in [5, 5.41) is 3.42. The molecule has 2 aliphatic rings. The molecule has 4 rings (SSSR count). The third-order valence-corrected chi connectivity index (χ3v) is 5.73. The van der Waals surface area contributed by atoms with Crippen LogP contribution < -0.4 is 10.2 Å². The highest BCUT2D eigenvalue weighted by atomic mass is 35.5. The van der Waals surface area contributed by atoms with E-state index >= 15 is 0 Å². The first-order valence-electron chi connectivity index (χ1n) is 10.0. The molecule has 0 aliphatic carbocycles. The fourth-order valence-corrected chi connectivity index (χ4v) is 4.06. The fraction of sp³-hybridized carbons (Fsp3) is 0.409. The number of carbonyl (C=O) groups excluding carboxylic acids is 1. The summed E-state index contributed by atoms with van der Waals surface area (Å²) in [6.45, 7) is 6.98. The Bertz CT molecular complexity index is 900. The number of fused-ring (bicyclic) bond motifs is 1. The van der Waals surface area contributed by atoms with Crippen molar-refractivity contribution in [3.8, 4) is 0 Å². The van der Waals surface area contributed by atoms with E-state index in [-0.39, 0.29) is 5.91 Å². The molecule has 4 heterocycles. The summed E-state index contributed by atoms with van der Waals surface area (Å²) in [7, 11) is 0. The van der Waals surface area contributed by atoms with E-state index in [9.17, 15) is 4.79 Å². The number of nitrogens with one attached hydrogen (secondary N) is 1. The Hall–Kier alpha value is -2.44. The molecule has 0 aromatic carbocycles. The Kier molecular flexibility index (Phi) is 6.11. The Morgan fingerprint density at radius 3 is 3.00 bits per heavy atom. The summed E-state index contributed by atoms with van der Waals surface area (Å²) in [5.74, 6) is 1.59. The van der Waals surface area contributed by atoms with Crippen LogP contribution in [-0.4, -0.2) is 42.2 Å². The number of halogens is 1. The summed E-state index contributed by atoms with van der Waals surface area (Å²) < 4.78 is 5.64. The van der Waals surface area contributed by atoms with Gasteiger partial charge in [-0.3, -0.25) is 4.79 Å². The number of hydrogen-bond acceptors (Lipinski definition) is 5. The van der Waals surface area contributed by atoms with Crippen LogP contribution in [0.25, 0.3) is 0 Å². The van der Waals surface area contributed by atoms with E-state index in [4.69, 9.17) is 21.3 Å². The van der Waals surface area contributed by atoms with Gasteiger partial charge >= 0.3 is 0 Å². The molecule has 2 aromatic heterocycles. The molecule has 0 unspecified atom stereocenters. The molecular weight excluding hydrogens is 388 g/mol. The van der Waals surface area contributed by atoms with E-state index < -0.39 is 0 Å². The summed E-state index contributed by atoms with van der Waals surface area (Å²) in [6, 6.07) is 5.32. The molecule has 0 bridgehead atoms. The van der Waals surface area contributed by atoms with Crippen molar-refractivity contribution in [1.29, 1.82) is 0 Å². The van der Waals surface area contributed by atoms with Crippen molar-refractivity contribution in [2.45, 2.75) is 25.7 Å². The molecule has 1 saturated heterocycles. The Balaban J connectivity index is 1.67. The minimum atomic E-state index is -0.182. The number of nitrogens with zero attached hydrogens (tertiary/aromatic N) is 3. The van der Waals surface area contributed by atoms with Crippen LogP contribution in [0.3, 0.4) is 0 Å². The summed E-state index contributed by atoms with van der Waals surface area (Å²) >= 11 is 5.90. The largest absolute Gasteiger partial charge is 0.381 e. The molecule has 0 saturated carbocycles. The average molecular weight is 413 g/mol. The van der Waals surface area contributed by atoms with Crippen molar-refractivity contribution in [2.75, 3.05) is 36.5 Å². The maximum atomic E-state index is 13.2. The minimum absolute atomic E-state index is 0.182. The Morgan fingerprint density at radius 1 is 1.34 bits per heavy atom. The minimum Gasteiger partial charge on any atom is -0.381 e. The van der Waals surface area contributed by atoms with Gasteiger partial charge < -0.3 is 15.0 Å². The Morgan fingerprint density at radius 2 is 2.21 bits per heavy atom. The number of piperidine rings is 1. The van der Waals surface area contributed by atoms with Gasteiger partial charge in [0, 0.05) is 37.0 Å². The van der Waals surface area contributed by atoms with Crippen molar-refractivity contribution < 1.29 is 9.53 Å². The van der Waals surface area contributed by atoms with E-state index in [0.29, 0.717) is 48.4 Å². The van der Waals surface area contributed by atoms with Gasteiger partial charge in [0.1, 0.15) is 11.6 Å². The zero-order valence-corrected chi connectivity index (χ0v) is 17.1. The second-order valence-corrected chi connectivity index (χ2v) is 7.90. The van der Waals surface area contributed by atoms with Crippen LogP contribution in [0, 0.1) is 5.92 Å². The van der Waals surface area contributed by atoms with Crippen molar-refractivity contribution in [3.05, 3.63) is 58.9 Å². The number of aromatic nitrogens is 2. The molecule has 6 nitrogen and oxygen atoms in total. The molecule has 1 N–H and O–H groups in total. The molecule has 2 aromatic rings. The highest BCUT2D eigenvalue weighted by Gasteiger charge is 2.24. The first-order chi connectivity index (χ1) is 14.1. The number of ether oxygens (including phenoxy) is 1. The van der Waals surface area contributed by atoms with Gasteiger partial charge in [-0.05, 0) is 48.9 Å². The van der Waals surface area contributed by atoms with Gasteiger partial charge in [0.15, 0.2) is 0 Å². The number of anilines is 2. The molecule has 7 heteroatoms. The maximum absolute atomic E-state index is 13.2. The van der Waals surface area contributed by atoms with Gasteiger partial charge in [-0.2, -0.15) is 0 Å². The second kappa shape index (κ2) is 8.93. The van der Waals surface area contributed by atoms with Crippen LogP contribution in [0.5, 0.6) is 0 Å². The smallest absolute Gasteiger partial charge is 0.257 e. The van der Waals surface area contributed by atoms with E-state index in [2.05, 4.69) is 21.8 Å². The molecule has 1 fully saturated rings.